The third-order valence-electron chi connectivity index (χ3n) is 3.50. The van der Waals surface area contributed by atoms with Gasteiger partial charge in [0.05, 0.1) is 5.60 Å². The molecular formula is C15H23NO2. The van der Waals surface area contributed by atoms with Gasteiger partial charge < -0.3 is 15.1 Å². The Kier molecular flexibility index (Phi) is 1.74. The van der Waals surface area contributed by atoms with Crippen molar-refractivity contribution in [3.05, 3.63) is 29.8 Å². The lowest BCUT2D eigenvalue weighted by Gasteiger charge is -2.41. The number of benzene rings is 1. The first-order valence-electron chi connectivity index (χ1n) is 10.4. The highest BCUT2D eigenvalue weighted by Crippen LogP contribution is 2.42. The average Bonchev–Trinajstić information content (AvgIpc) is 2.51. The van der Waals surface area contributed by atoms with E-state index >= 15 is 0 Å². The SMILES string of the molecule is [2H]Oc1cccc([C@]2(O)CCCC[C@H]2C([2H])([2H])N(C([2H])([2H])[2H])C([2H])([2H])[2H])c1. The molecule has 2 rings (SSSR count). The van der Waals surface area contributed by atoms with Gasteiger partial charge in [0.25, 0.3) is 1.43 Å². The number of rotatable bonds is 4. The van der Waals surface area contributed by atoms with E-state index in [9.17, 15) is 5.11 Å². The smallest absolute Gasteiger partial charge is 0.293 e. The molecule has 1 fully saturated rings. The molecule has 2 atom stereocenters. The van der Waals surface area contributed by atoms with Gasteiger partial charge in [-0.05, 0) is 44.5 Å². The fourth-order valence-corrected chi connectivity index (χ4v) is 2.59. The first-order chi connectivity index (χ1) is 12.2. The monoisotopic (exact) mass is 258 g/mol. The van der Waals surface area contributed by atoms with Gasteiger partial charge in [-0.2, -0.15) is 0 Å². The largest absolute Gasteiger partial charge is 0.508 e. The van der Waals surface area contributed by atoms with Crippen LogP contribution in [0.5, 0.6) is 5.75 Å². The van der Waals surface area contributed by atoms with Gasteiger partial charge in [0.15, 0.2) is 0 Å². The molecular weight excluding hydrogens is 226 g/mol. The minimum Gasteiger partial charge on any atom is -0.508 e. The van der Waals surface area contributed by atoms with Crippen LogP contribution in [0.1, 0.15) is 42.2 Å². The van der Waals surface area contributed by atoms with Crippen LogP contribution in [0.2, 0.25) is 0 Å². The van der Waals surface area contributed by atoms with Crippen LogP contribution in [0.15, 0.2) is 24.3 Å². The second-order valence-corrected chi connectivity index (χ2v) is 4.71. The molecule has 0 unspecified atom stereocenters. The van der Waals surface area contributed by atoms with Gasteiger partial charge in [-0.3, -0.25) is 0 Å². The molecule has 1 aromatic carbocycles. The zero-order chi connectivity index (χ0) is 20.7. The van der Waals surface area contributed by atoms with E-state index in [2.05, 4.69) is 5.11 Å². The topological polar surface area (TPSA) is 43.7 Å². The van der Waals surface area contributed by atoms with E-state index < -0.39 is 32.0 Å². The number of hydrogen-bond donors (Lipinski definition) is 2. The van der Waals surface area contributed by atoms with Crippen molar-refractivity contribution in [1.82, 2.24) is 4.90 Å². The summed E-state index contributed by atoms with van der Waals surface area (Å²) in [6.07, 6.45) is 1.33. The number of hydrogen-bond acceptors (Lipinski definition) is 3. The minimum absolute atomic E-state index is 0.0984. The number of phenols is 1. The fraction of sp³-hybridized carbons (Fsp3) is 0.600. The maximum absolute atomic E-state index is 11.4. The summed E-state index contributed by atoms with van der Waals surface area (Å²) in [5.41, 5.74) is -1.54. The van der Waals surface area contributed by atoms with Crippen LogP contribution in [0, 0.1) is 5.92 Å². The molecule has 2 N–H and O–H groups in total. The van der Waals surface area contributed by atoms with Crippen molar-refractivity contribution in [3.8, 4) is 5.75 Å². The number of aromatic hydroxyl groups is 1. The van der Waals surface area contributed by atoms with Crippen LogP contribution in [-0.4, -0.2) is 37.0 Å². The molecule has 1 aromatic rings. The molecule has 0 radical (unpaired) electrons. The second kappa shape index (κ2) is 5.29. The van der Waals surface area contributed by atoms with E-state index in [-0.39, 0.29) is 29.1 Å². The van der Waals surface area contributed by atoms with Gasteiger partial charge >= 0.3 is 0 Å². The summed E-state index contributed by atoms with van der Waals surface area (Å²) < 4.78 is 69.2. The molecule has 0 saturated heterocycles. The number of nitrogens with zero attached hydrogens (tertiary/aromatic N) is 1. The number of phenolic OH excluding ortho intramolecular Hbond substituents is 1. The third-order valence-corrected chi connectivity index (χ3v) is 3.50. The molecule has 1 aliphatic carbocycles. The molecule has 1 saturated carbocycles. The Morgan fingerprint density at radius 2 is 2.44 bits per heavy atom. The maximum Gasteiger partial charge on any atom is 0.293 e. The Morgan fingerprint density at radius 1 is 1.56 bits per heavy atom. The summed E-state index contributed by atoms with van der Waals surface area (Å²) in [7, 11) is 0. The molecule has 0 spiro atoms. The van der Waals surface area contributed by atoms with Crippen LogP contribution >= 0.6 is 0 Å². The molecule has 0 aromatic heterocycles. The van der Waals surface area contributed by atoms with Crippen molar-refractivity contribution >= 4 is 0 Å². The van der Waals surface area contributed by atoms with Crippen LogP contribution in [-0.2, 0) is 5.60 Å². The van der Waals surface area contributed by atoms with E-state index in [1.165, 1.54) is 24.3 Å². The van der Waals surface area contributed by atoms with Gasteiger partial charge in [0, 0.05) is 23.4 Å². The number of aliphatic hydroxyl groups is 1. The van der Waals surface area contributed by atoms with Crippen molar-refractivity contribution in [3.63, 3.8) is 0 Å². The summed E-state index contributed by atoms with van der Waals surface area (Å²) in [4.78, 5) is -0.0984. The highest BCUT2D eigenvalue weighted by Gasteiger charge is 2.40. The lowest BCUT2D eigenvalue weighted by atomic mass is 9.71. The van der Waals surface area contributed by atoms with Crippen molar-refractivity contribution in [2.45, 2.75) is 31.3 Å². The fourth-order valence-electron chi connectivity index (χ4n) is 2.59. The molecule has 3 nitrogen and oxygen atoms in total. The van der Waals surface area contributed by atoms with E-state index in [0.29, 0.717) is 12.8 Å². The summed E-state index contributed by atoms with van der Waals surface area (Å²) in [6.45, 7) is -9.29. The molecule has 0 amide bonds. The predicted octanol–water partition coefficient (Wildman–Crippen LogP) is 2.33. The average molecular weight is 258 g/mol. The second-order valence-electron chi connectivity index (χ2n) is 4.71. The molecule has 18 heavy (non-hydrogen) atoms. The van der Waals surface area contributed by atoms with Crippen molar-refractivity contribution < 1.29 is 21.2 Å². The Labute approximate surface area is 122 Å². The summed E-state index contributed by atoms with van der Waals surface area (Å²) >= 11 is 0. The molecule has 1 aliphatic rings. The minimum atomic E-state index is -3.22. The molecule has 0 heterocycles. The highest BCUT2D eigenvalue weighted by atomic mass is 16.3. The Hall–Kier alpha value is -1.06. The molecule has 3 heteroatoms. The quantitative estimate of drug-likeness (QED) is 0.871. The van der Waals surface area contributed by atoms with Crippen LogP contribution in [0.3, 0.4) is 0 Å². The van der Waals surface area contributed by atoms with E-state index in [4.69, 9.17) is 12.4 Å². The maximum atomic E-state index is 11.4. The molecule has 0 bridgehead atoms. The Morgan fingerprint density at radius 3 is 3.22 bits per heavy atom. The van der Waals surface area contributed by atoms with Gasteiger partial charge in [-0.25, -0.2) is 0 Å². The Bertz CT molecular complexity index is 647. The lowest BCUT2D eigenvalue weighted by molar-refractivity contribution is -0.0619. The molecule has 0 aliphatic heterocycles. The summed E-state index contributed by atoms with van der Waals surface area (Å²) in [5.74, 6) is -1.17. The first-order valence-corrected chi connectivity index (χ1v) is 6.01. The van der Waals surface area contributed by atoms with Crippen LogP contribution < -0.4 is 0 Å². The highest BCUT2D eigenvalue weighted by molar-refractivity contribution is 5.32. The first kappa shape index (κ1) is 5.93. The lowest BCUT2D eigenvalue weighted by Crippen LogP contribution is -2.43. The van der Waals surface area contributed by atoms with Gasteiger partial charge in [-0.1, -0.05) is 25.0 Å². The third kappa shape index (κ3) is 2.68. The summed E-state index contributed by atoms with van der Waals surface area (Å²) in [6, 6.07) is 5.94. The van der Waals surface area contributed by atoms with Gasteiger partial charge in [-0.15, -0.1) is 0 Å². The van der Waals surface area contributed by atoms with Crippen molar-refractivity contribution in [2.75, 3.05) is 20.4 Å². The van der Waals surface area contributed by atoms with E-state index in [1.54, 1.807) is 0 Å². The van der Waals surface area contributed by atoms with Gasteiger partial charge in [0.1, 0.15) is 5.75 Å². The predicted molar refractivity (Wildman–Crippen MR) is 72.5 cm³/mol. The molecule has 100 valence electrons. The standard InChI is InChI=1S/C15H23NO2/c1-16(2)11-13-6-3-4-9-15(13,18)12-7-5-8-14(17)10-12/h5,7-8,10,13,17-18H,3-4,6,9,11H2,1-2H3/t13-,15+/m0/s1/i1D3,2D3,11D2/hD. The van der Waals surface area contributed by atoms with Gasteiger partial charge in [0.2, 0.25) is 0 Å². The van der Waals surface area contributed by atoms with Crippen LogP contribution in [0.25, 0.3) is 0 Å². The zero-order valence-electron chi connectivity index (χ0n) is 19.0. The zero-order valence-corrected chi connectivity index (χ0v) is 10.0. The Balaban J connectivity index is 2.57. The normalized spacial score (nSPS) is 37.9. The van der Waals surface area contributed by atoms with E-state index in [1.807, 2.05) is 0 Å². The van der Waals surface area contributed by atoms with Crippen LogP contribution in [0.4, 0.5) is 0 Å². The summed E-state index contributed by atoms with van der Waals surface area (Å²) in [5, 5.41) is 15.8. The van der Waals surface area contributed by atoms with Crippen molar-refractivity contribution in [1.29, 1.82) is 1.43 Å². The van der Waals surface area contributed by atoms with Crippen molar-refractivity contribution in [2.24, 2.45) is 5.92 Å². The van der Waals surface area contributed by atoms with E-state index in [0.717, 1.165) is 0 Å².